The van der Waals surface area contributed by atoms with Crippen molar-refractivity contribution in [2.45, 2.75) is 0 Å². The van der Waals surface area contributed by atoms with E-state index in [0.717, 1.165) is 16.3 Å². The van der Waals surface area contributed by atoms with E-state index in [-0.39, 0.29) is 5.82 Å². The van der Waals surface area contributed by atoms with E-state index in [1.54, 1.807) is 12.4 Å². The molecule has 0 amide bonds. The Balaban J connectivity index is 2.35. The standard InChI is InChI=1S/C13H9ClN4/c14-11-12(17-7-18-13(11)15)10-3-1-2-8-6-16-5-4-9(8)10/h1-7H,(H2,15,17,18). The number of nitrogens with two attached hydrogens (primary N) is 1. The quantitative estimate of drug-likeness (QED) is 0.727. The third-order valence-corrected chi connectivity index (χ3v) is 3.12. The van der Waals surface area contributed by atoms with Crippen LogP contribution in [0.15, 0.2) is 43.0 Å². The average Bonchev–Trinajstić information content (AvgIpc) is 2.41. The van der Waals surface area contributed by atoms with Gasteiger partial charge in [0.1, 0.15) is 17.2 Å². The van der Waals surface area contributed by atoms with Crippen molar-refractivity contribution in [3.63, 3.8) is 0 Å². The summed E-state index contributed by atoms with van der Waals surface area (Å²) in [6, 6.07) is 7.81. The molecule has 0 saturated heterocycles. The lowest BCUT2D eigenvalue weighted by molar-refractivity contribution is 1.18. The minimum atomic E-state index is 0.285. The van der Waals surface area contributed by atoms with Crippen LogP contribution in [-0.4, -0.2) is 15.0 Å². The lowest BCUT2D eigenvalue weighted by Gasteiger charge is -2.08. The number of halogens is 1. The molecule has 0 aliphatic heterocycles. The lowest BCUT2D eigenvalue weighted by Crippen LogP contribution is -1.96. The van der Waals surface area contributed by atoms with Crippen LogP contribution in [0.5, 0.6) is 0 Å². The van der Waals surface area contributed by atoms with Crippen molar-refractivity contribution in [1.82, 2.24) is 15.0 Å². The smallest absolute Gasteiger partial charge is 0.146 e. The van der Waals surface area contributed by atoms with Crippen molar-refractivity contribution < 1.29 is 0 Å². The van der Waals surface area contributed by atoms with Crippen molar-refractivity contribution in [3.05, 3.63) is 48.0 Å². The summed E-state index contributed by atoms with van der Waals surface area (Å²) >= 11 is 6.16. The third kappa shape index (κ3) is 1.67. The van der Waals surface area contributed by atoms with E-state index >= 15 is 0 Å². The molecule has 88 valence electrons. The Hall–Kier alpha value is -2.20. The highest BCUT2D eigenvalue weighted by Gasteiger charge is 2.11. The Labute approximate surface area is 108 Å². The number of benzene rings is 1. The van der Waals surface area contributed by atoms with Gasteiger partial charge in [-0.2, -0.15) is 0 Å². The lowest BCUT2D eigenvalue weighted by atomic mass is 10.0. The number of hydrogen-bond donors (Lipinski definition) is 1. The largest absolute Gasteiger partial charge is 0.382 e. The molecule has 0 aliphatic rings. The normalized spacial score (nSPS) is 10.7. The first-order valence-electron chi connectivity index (χ1n) is 5.36. The highest BCUT2D eigenvalue weighted by molar-refractivity contribution is 6.35. The Morgan fingerprint density at radius 2 is 2.00 bits per heavy atom. The molecule has 2 N–H and O–H groups in total. The van der Waals surface area contributed by atoms with Crippen LogP contribution < -0.4 is 5.73 Å². The third-order valence-electron chi connectivity index (χ3n) is 2.75. The molecule has 2 heterocycles. The Kier molecular flexibility index (Phi) is 2.57. The summed E-state index contributed by atoms with van der Waals surface area (Å²) in [5.41, 5.74) is 7.27. The summed E-state index contributed by atoms with van der Waals surface area (Å²) in [5.74, 6) is 0.285. The maximum Gasteiger partial charge on any atom is 0.146 e. The summed E-state index contributed by atoms with van der Waals surface area (Å²) < 4.78 is 0. The molecule has 0 atom stereocenters. The number of aromatic nitrogens is 3. The second-order valence-electron chi connectivity index (χ2n) is 3.82. The number of anilines is 1. The van der Waals surface area contributed by atoms with Gasteiger partial charge in [-0.05, 0) is 11.5 Å². The minimum Gasteiger partial charge on any atom is -0.382 e. The van der Waals surface area contributed by atoms with E-state index < -0.39 is 0 Å². The zero-order valence-electron chi connectivity index (χ0n) is 9.34. The van der Waals surface area contributed by atoms with Gasteiger partial charge in [0.25, 0.3) is 0 Å². The number of pyridine rings is 1. The van der Waals surface area contributed by atoms with E-state index in [4.69, 9.17) is 17.3 Å². The van der Waals surface area contributed by atoms with Crippen LogP contribution in [0.4, 0.5) is 5.82 Å². The number of nitrogens with zero attached hydrogens (tertiary/aromatic N) is 3. The van der Waals surface area contributed by atoms with Crippen molar-refractivity contribution in [2.24, 2.45) is 0 Å². The predicted octanol–water partition coefficient (Wildman–Crippen LogP) is 2.93. The van der Waals surface area contributed by atoms with Crippen LogP contribution in [0, 0.1) is 0 Å². The van der Waals surface area contributed by atoms with Crippen LogP contribution in [-0.2, 0) is 0 Å². The topological polar surface area (TPSA) is 64.7 Å². The van der Waals surface area contributed by atoms with E-state index in [1.165, 1.54) is 6.33 Å². The Bertz CT molecular complexity index is 722. The van der Waals surface area contributed by atoms with Gasteiger partial charge in [0.2, 0.25) is 0 Å². The predicted molar refractivity (Wildman–Crippen MR) is 72.2 cm³/mol. The first-order chi connectivity index (χ1) is 8.77. The fourth-order valence-electron chi connectivity index (χ4n) is 1.90. The minimum absolute atomic E-state index is 0.285. The summed E-state index contributed by atoms with van der Waals surface area (Å²) in [6.45, 7) is 0. The molecule has 0 bridgehead atoms. The van der Waals surface area contributed by atoms with Crippen LogP contribution in [0.25, 0.3) is 22.0 Å². The van der Waals surface area contributed by atoms with E-state index in [0.29, 0.717) is 10.7 Å². The molecule has 0 unspecified atom stereocenters. The molecule has 0 aliphatic carbocycles. The molecule has 18 heavy (non-hydrogen) atoms. The number of rotatable bonds is 1. The van der Waals surface area contributed by atoms with Crippen molar-refractivity contribution in [3.8, 4) is 11.3 Å². The summed E-state index contributed by atoms with van der Waals surface area (Å²) in [4.78, 5) is 12.2. The van der Waals surface area contributed by atoms with Gasteiger partial charge in [-0.15, -0.1) is 0 Å². The monoisotopic (exact) mass is 256 g/mol. The maximum absolute atomic E-state index is 6.16. The van der Waals surface area contributed by atoms with E-state index in [9.17, 15) is 0 Å². The second kappa shape index (κ2) is 4.23. The number of hydrogen-bond acceptors (Lipinski definition) is 4. The van der Waals surface area contributed by atoms with Crippen LogP contribution in [0.3, 0.4) is 0 Å². The highest BCUT2D eigenvalue weighted by atomic mass is 35.5. The Morgan fingerprint density at radius 3 is 2.89 bits per heavy atom. The van der Waals surface area contributed by atoms with Crippen molar-refractivity contribution in [2.75, 3.05) is 5.73 Å². The molecule has 1 aromatic carbocycles. The van der Waals surface area contributed by atoms with Gasteiger partial charge >= 0.3 is 0 Å². The SMILES string of the molecule is Nc1ncnc(-c2cccc3cnccc23)c1Cl. The van der Waals surface area contributed by atoms with E-state index in [1.807, 2.05) is 24.3 Å². The molecule has 5 heteroatoms. The van der Waals surface area contributed by atoms with Gasteiger partial charge in [0, 0.05) is 23.3 Å². The van der Waals surface area contributed by atoms with Gasteiger partial charge in [-0.25, -0.2) is 9.97 Å². The average molecular weight is 257 g/mol. The first-order valence-corrected chi connectivity index (χ1v) is 5.74. The van der Waals surface area contributed by atoms with Gasteiger partial charge in [-0.1, -0.05) is 29.8 Å². The number of nitrogen functional groups attached to an aromatic ring is 1. The zero-order chi connectivity index (χ0) is 12.5. The van der Waals surface area contributed by atoms with Gasteiger partial charge in [-0.3, -0.25) is 4.98 Å². The first kappa shape index (κ1) is 10.9. The molecular formula is C13H9ClN4. The molecule has 0 radical (unpaired) electrons. The fourth-order valence-corrected chi connectivity index (χ4v) is 2.10. The maximum atomic E-state index is 6.16. The molecule has 0 spiro atoms. The van der Waals surface area contributed by atoms with Crippen molar-refractivity contribution >= 4 is 28.2 Å². The molecule has 0 fully saturated rings. The van der Waals surface area contributed by atoms with Crippen molar-refractivity contribution in [1.29, 1.82) is 0 Å². The molecule has 4 nitrogen and oxygen atoms in total. The molecule has 3 aromatic rings. The summed E-state index contributed by atoms with van der Waals surface area (Å²) in [7, 11) is 0. The number of fused-ring (bicyclic) bond motifs is 1. The molecule has 2 aromatic heterocycles. The van der Waals surface area contributed by atoms with E-state index in [2.05, 4.69) is 15.0 Å². The second-order valence-corrected chi connectivity index (χ2v) is 4.20. The Morgan fingerprint density at radius 1 is 1.11 bits per heavy atom. The summed E-state index contributed by atoms with van der Waals surface area (Å²) in [6.07, 6.45) is 4.96. The fraction of sp³-hybridized carbons (Fsp3) is 0. The zero-order valence-corrected chi connectivity index (χ0v) is 10.1. The molecular weight excluding hydrogens is 248 g/mol. The molecule has 3 rings (SSSR count). The molecule has 0 saturated carbocycles. The van der Waals surface area contributed by atoms with Gasteiger partial charge in [0.15, 0.2) is 0 Å². The highest BCUT2D eigenvalue weighted by Crippen LogP contribution is 2.33. The van der Waals surface area contributed by atoms with Crippen LogP contribution in [0.1, 0.15) is 0 Å². The summed E-state index contributed by atoms with van der Waals surface area (Å²) in [5, 5.41) is 2.44. The van der Waals surface area contributed by atoms with Gasteiger partial charge < -0.3 is 5.73 Å². The van der Waals surface area contributed by atoms with Crippen LogP contribution in [0.2, 0.25) is 5.02 Å². The van der Waals surface area contributed by atoms with Gasteiger partial charge in [0.05, 0.1) is 5.69 Å². The van der Waals surface area contributed by atoms with Crippen LogP contribution >= 0.6 is 11.6 Å².